The van der Waals surface area contributed by atoms with E-state index in [2.05, 4.69) is 0 Å². The molecule has 1 unspecified atom stereocenters. The fraction of sp³-hybridized carbons (Fsp3) is 0.208. The second-order valence-electron chi connectivity index (χ2n) is 7.62. The summed E-state index contributed by atoms with van der Waals surface area (Å²) in [5.41, 5.74) is 3.34. The Kier molecular flexibility index (Phi) is 6.70. The van der Waals surface area contributed by atoms with Gasteiger partial charge in [-0.2, -0.15) is 5.10 Å². The summed E-state index contributed by atoms with van der Waals surface area (Å²) < 4.78 is 39.8. The predicted molar refractivity (Wildman–Crippen MR) is 132 cm³/mol. The lowest BCUT2D eigenvalue weighted by atomic mass is 9.97. The van der Waals surface area contributed by atoms with Crippen LogP contribution in [0.1, 0.15) is 23.6 Å². The van der Waals surface area contributed by atoms with Crippen molar-refractivity contribution >= 4 is 33.0 Å². The van der Waals surface area contributed by atoms with E-state index in [1.54, 1.807) is 33.5 Å². The normalized spacial score (nSPS) is 15.7. The topological polar surface area (TPSA) is 103 Å². The molecule has 0 aromatic heterocycles. The summed E-state index contributed by atoms with van der Waals surface area (Å²) in [6, 6.07) is 17.4. The van der Waals surface area contributed by atoms with E-state index in [1.165, 1.54) is 12.1 Å². The molecule has 1 aliphatic rings. The van der Waals surface area contributed by atoms with E-state index in [0.29, 0.717) is 28.7 Å². The Hall–Kier alpha value is -3.27. The van der Waals surface area contributed by atoms with Gasteiger partial charge in [0, 0.05) is 17.0 Å². The molecule has 3 aromatic carbocycles. The van der Waals surface area contributed by atoms with Crippen LogP contribution >= 0.6 is 11.6 Å². The first kappa shape index (κ1) is 23.9. The van der Waals surface area contributed by atoms with Crippen molar-refractivity contribution in [1.29, 1.82) is 0 Å². The smallest absolute Gasteiger partial charge is 0.238 e. The van der Waals surface area contributed by atoms with Gasteiger partial charge in [0.1, 0.15) is 0 Å². The average Bonchev–Trinajstić information content (AvgIpc) is 3.28. The summed E-state index contributed by atoms with van der Waals surface area (Å²) in [4.78, 5) is 0.0346. The molecule has 3 aromatic rings. The van der Waals surface area contributed by atoms with Crippen LogP contribution < -0.4 is 24.4 Å². The van der Waals surface area contributed by atoms with Gasteiger partial charge in [0.2, 0.25) is 15.8 Å². The van der Waals surface area contributed by atoms with Gasteiger partial charge in [0.05, 0.1) is 43.7 Å². The van der Waals surface area contributed by atoms with E-state index in [-0.39, 0.29) is 10.9 Å². The first-order chi connectivity index (χ1) is 16.2. The summed E-state index contributed by atoms with van der Waals surface area (Å²) in [6.45, 7) is 0. The van der Waals surface area contributed by atoms with Crippen molar-refractivity contribution < 1.29 is 22.6 Å². The van der Waals surface area contributed by atoms with Crippen LogP contribution in [0.4, 0.5) is 5.69 Å². The maximum absolute atomic E-state index is 11.7. The molecule has 34 heavy (non-hydrogen) atoms. The highest BCUT2D eigenvalue weighted by Crippen LogP contribution is 2.42. The molecule has 0 saturated carbocycles. The van der Waals surface area contributed by atoms with Gasteiger partial charge in [-0.1, -0.05) is 23.7 Å². The number of nitrogens with zero attached hydrogens (tertiary/aromatic N) is 2. The number of primary sulfonamides is 1. The minimum Gasteiger partial charge on any atom is -0.493 e. The molecule has 10 heteroatoms. The maximum Gasteiger partial charge on any atom is 0.238 e. The third kappa shape index (κ3) is 4.68. The number of hydrazone groups is 1. The fourth-order valence-corrected chi connectivity index (χ4v) is 4.55. The van der Waals surface area contributed by atoms with Crippen LogP contribution in [-0.2, 0) is 10.0 Å². The van der Waals surface area contributed by atoms with Gasteiger partial charge in [0.25, 0.3) is 0 Å². The number of methoxy groups -OCH3 is 3. The first-order valence-corrected chi connectivity index (χ1v) is 12.2. The van der Waals surface area contributed by atoms with E-state index in [0.717, 1.165) is 22.5 Å². The summed E-state index contributed by atoms with van der Waals surface area (Å²) in [7, 11) is 0.880. The molecule has 0 bridgehead atoms. The number of sulfonamides is 1. The number of benzene rings is 3. The third-order valence-electron chi connectivity index (χ3n) is 5.59. The van der Waals surface area contributed by atoms with Crippen LogP contribution in [-0.4, -0.2) is 35.5 Å². The Balaban J connectivity index is 1.80. The highest BCUT2D eigenvalue weighted by Gasteiger charge is 2.31. The highest BCUT2D eigenvalue weighted by molar-refractivity contribution is 7.89. The zero-order valence-electron chi connectivity index (χ0n) is 18.9. The summed E-state index contributed by atoms with van der Waals surface area (Å²) in [5.74, 6) is 1.55. The Morgan fingerprint density at radius 2 is 1.53 bits per heavy atom. The van der Waals surface area contributed by atoms with Crippen LogP contribution in [0.2, 0.25) is 5.02 Å². The largest absolute Gasteiger partial charge is 0.493 e. The van der Waals surface area contributed by atoms with Crippen LogP contribution in [0.5, 0.6) is 17.2 Å². The average molecular weight is 502 g/mol. The van der Waals surface area contributed by atoms with E-state index < -0.39 is 10.0 Å². The Morgan fingerprint density at radius 3 is 2.03 bits per heavy atom. The maximum atomic E-state index is 11.7. The molecule has 2 N–H and O–H groups in total. The zero-order valence-corrected chi connectivity index (χ0v) is 20.4. The molecule has 4 rings (SSSR count). The van der Waals surface area contributed by atoms with Gasteiger partial charge in [-0.15, -0.1) is 0 Å². The molecule has 1 aliphatic heterocycles. The molecule has 0 spiro atoms. The van der Waals surface area contributed by atoms with Gasteiger partial charge in [-0.25, -0.2) is 13.6 Å². The minimum atomic E-state index is -3.80. The number of ether oxygens (including phenoxy) is 3. The van der Waals surface area contributed by atoms with Crippen LogP contribution in [0.15, 0.2) is 70.7 Å². The number of halogens is 1. The quantitative estimate of drug-likeness (QED) is 0.515. The van der Waals surface area contributed by atoms with Crippen LogP contribution in [0.25, 0.3) is 0 Å². The molecular formula is C24H24ClN3O5S. The van der Waals surface area contributed by atoms with Gasteiger partial charge in [0.15, 0.2) is 11.5 Å². The molecule has 0 amide bonds. The monoisotopic (exact) mass is 501 g/mol. The molecular weight excluding hydrogens is 478 g/mol. The Labute approximate surface area is 203 Å². The molecule has 0 saturated heterocycles. The lowest BCUT2D eigenvalue weighted by molar-refractivity contribution is 0.324. The van der Waals surface area contributed by atoms with Crippen LogP contribution in [0.3, 0.4) is 0 Å². The second-order valence-corrected chi connectivity index (χ2v) is 9.61. The molecule has 8 nitrogen and oxygen atoms in total. The molecule has 0 radical (unpaired) electrons. The second kappa shape index (κ2) is 9.54. The summed E-state index contributed by atoms with van der Waals surface area (Å²) in [6.07, 6.45) is 0.581. The zero-order chi connectivity index (χ0) is 24.5. The number of anilines is 1. The predicted octanol–water partition coefficient (Wildman–Crippen LogP) is 4.37. The highest BCUT2D eigenvalue weighted by atomic mass is 35.5. The molecule has 1 atom stereocenters. The summed E-state index contributed by atoms with van der Waals surface area (Å²) >= 11 is 6.10. The number of hydrogen-bond donors (Lipinski definition) is 1. The van der Waals surface area contributed by atoms with Gasteiger partial charge in [-0.05, 0) is 54.1 Å². The van der Waals surface area contributed by atoms with Gasteiger partial charge >= 0.3 is 0 Å². The lowest BCUT2D eigenvalue weighted by Crippen LogP contribution is -2.19. The minimum absolute atomic E-state index is 0.0346. The van der Waals surface area contributed by atoms with Crippen molar-refractivity contribution in [2.45, 2.75) is 17.4 Å². The van der Waals surface area contributed by atoms with Crippen molar-refractivity contribution in [2.24, 2.45) is 10.2 Å². The van der Waals surface area contributed by atoms with Crippen molar-refractivity contribution in [3.63, 3.8) is 0 Å². The van der Waals surface area contributed by atoms with E-state index in [1.807, 2.05) is 41.4 Å². The van der Waals surface area contributed by atoms with E-state index in [9.17, 15) is 8.42 Å². The van der Waals surface area contributed by atoms with Gasteiger partial charge < -0.3 is 14.2 Å². The van der Waals surface area contributed by atoms with Gasteiger partial charge in [-0.3, -0.25) is 5.01 Å². The number of rotatable bonds is 7. The fourth-order valence-electron chi connectivity index (χ4n) is 3.90. The van der Waals surface area contributed by atoms with Crippen molar-refractivity contribution in [1.82, 2.24) is 0 Å². The van der Waals surface area contributed by atoms with Crippen molar-refractivity contribution in [3.05, 3.63) is 76.8 Å². The van der Waals surface area contributed by atoms with E-state index >= 15 is 0 Å². The number of nitrogens with two attached hydrogens (primary N) is 1. The lowest BCUT2D eigenvalue weighted by Gasteiger charge is -2.24. The van der Waals surface area contributed by atoms with Crippen molar-refractivity contribution in [3.8, 4) is 17.2 Å². The van der Waals surface area contributed by atoms with Crippen molar-refractivity contribution in [2.75, 3.05) is 26.3 Å². The molecule has 0 aliphatic carbocycles. The molecule has 178 valence electrons. The van der Waals surface area contributed by atoms with E-state index in [4.69, 9.17) is 36.1 Å². The Morgan fingerprint density at radius 1 is 0.941 bits per heavy atom. The first-order valence-electron chi connectivity index (χ1n) is 10.3. The third-order valence-corrected chi connectivity index (χ3v) is 6.77. The number of hydrogen-bond acceptors (Lipinski definition) is 7. The molecule has 0 fully saturated rings. The summed E-state index contributed by atoms with van der Waals surface area (Å²) in [5, 5.41) is 12.6. The SMILES string of the molecule is COc1cc(C2=NN(c3ccc(S(N)(=O)=O)cc3)C(c3ccc(Cl)cc3)C2)cc(OC)c1OC. The molecule has 1 heterocycles. The standard InChI is InChI=1S/C24H24ClN3O5S/c1-31-22-12-16(13-23(32-2)24(22)33-3)20-14-21(15-4-6-17(25)7-5-15)28(27-20)18-8-10-19(11-9-18)34(26,29)30/h4-13,21H,14H2,1-3H3,(H2,26,29,30). The van der Waals surface area contributed by atoms with Crippen LogP contribution in [0, 0.1) is 0 Å². The Bertz CT molecular complexity index is 1300.